The summed E-state index contributed by atoms with van der Waals surface area (Å²) in [6.45, 7) is 1.33. The van der Waals surface area contributed by atoms with Gasteiger partial charge in [-0.2, -0.15) is 5.10 Å². The maximum atomic E-state index is 6.34. The van der Waals surface area contributed by atoms with Crippen LogP contribution in [0.5, 0.6) is 0 Å². The van der Waals surface area contributed by atoms with E-state index in [0.29, 0.717) is 29.1 Å². The van der Waals surface area contributed by atoms with Crippen molar-refractivity contribution >= 4 is 40.1 Å². The predicted molar refractivity (Wildman–Crippen MR) is 101 cm³/mol. The highest BCUT2D eigenvalue weighted by Crippen LogP contribution is 2.26. The monoisotopic (exact) mass is 371 g/mol. The van der Waals surface area contributed by atoms with E-state index in [4.69, 9.17) is 23.2 Å². The third-order valence-electron chi connectivity index (χ3n) is 4.09. The summed E-state index contributed by atoms with van der Waals surface area (Å²) >= 11 is 12.3. The molecule has 2 heterocycles. The Bertz CT molecular complexity index is 1010. The fourth-order valence-corrected chi connectivity index (χ4v) is 3.37. The van der Waals surface area contributed by atoms with Crippen LogP contribution in [-0.4, -0.2) is 19.7 Å². The molecule has 7 heteroatoms. The largest absolute Gasteiger partial charge is 0.350 e. The van der Waals surface area contributed by atoms with Crippen molar-refractivity contribution in [2.24, 2.45) is 0 Å². The number of nitrogens with zero attached hydrogens (tertiary/aromatic N) is 3. The van der Waals surface area contributed by atoms with E-state index in [9.17, 15) is 0 Å². The molecule has 126 valence electrons. The number of H-pyrrole nitrogens is 1. The van der Waals surface area contributed by atoms with Gasteiger partial charge in [0.2, 0.25) is 5.95 Å². The molecule has 0 saturated heterocycles. The van der Waals surface area contributed by atoms with Gasteiger partial charge >= 0.3 is 0 Å². The van der Waals surface area contributed by atoms with Gasteiger partial charge in [-0.3, -0.25) is 0 Å². The first kappa shape index (κ1) is 16.0. The summed E-state index contributed by atoms with van der Waals surface area (Å²) in [6.07, 6.45) is 3.62. The molecule has 2 N–H and O–H groups in total. The SMILES string of the molecule is Clc1ccc(Cn2cc(CNc3ncn[nH]3)c3ccccc32)c(Cl)c1. The van der Waals surface area contributed by atoms with Crippen LogP contribution in [0.3, 0.4) is 0 Å². The van der Waals surface area contributed by atoms with Gasteiger partial charge in [-0.05, 0) is 29.3 Å². The number of para-hydroxylation sites is 1. The van der Waals surface area contributed by atoms with Crippen LogP contribution < -0.4 is 5.32 Å². The molecule has 5 nitrogen and oxygen atoms in total. The molecule has 0 aliphatic heterocycles. The lowest BCUT2D eigenvalue weighted by molar-refractivity contribution is 0.831. The number of halogens is 2. The summed E-state index contributed by atoms with van der Waals surface area (Å²) in [7, 11) is 0. The number of rotatable bonds is 5. The Morgan fingerprint density at radius 3 is 2.76 bits per heavy atom. The molecular formula is C18H15Cl2N5. The first-order chi connectivity index (χ1) is 12.2. The highest BCUT2D eigenvalue weighted by Gasteiger charge is 2.10. The molecule has 0 spiro atoms. The minimum atomic E-state index is 0.642. The zero-order chi connectivity index (χ0) is 17.2. The number of nitrogens with one attached hydrogen (secondary N) is 2. The summed E-state index contributed by atoms with van der Waals surface area (Å²) < 4.78 is 2.20. The van der Waals surface area contributed by atoms with Crippen LogP contribution >= 0.6 is 23.2 Å². The quantitative estimate of drug-likeness (QED) is 0.533. The highest BCUT2D eigenvalue weighted by molar-refractivity contribution is 6.35. The summed E-state index contributed by atoms with van der Waals surface area (Å²) in [5.74, 6) is 0.651. The van der Waals surface area contributed by atoms with Crippen molar-refractivity contribution < 1.29 is 0 Å². The molecule has 25 heavy (non-hydrogen) atoms. The molecule has 0 saturated carbocycles. The van der Waals surface area contributed by atoms with Gasteiger partial charge in [0.15, 0.2) is 0 Å². The van der Waals surface area contributed by atoms with Gasteiger partial charge in [0.1, 0.15) is 6.33 Å². The Hall–Kier alpha value is -2.50. The lowest BCUT2D eigenvalue weighted by Crippen LogP contribution is -2.01. The zero-order valence-electron chi connectivity index (χ0n) is 13.2. The number of aromatic nitrogens is 4. The molecule has 0 bridgehead atoms. The Morgan fingerprint density at radius 2 is 1.96 bits per heavy atom. The van der Waals surface area contributed by atoms with Crippen molar-refractivity contribution in [2.45, 2.75) is 13.1 Å². The third-order valence-corrected chi connectivity index (χ3v) is 4.68. The lowest BCUT2D eigenvalue weighted by Gasteiger charge is -2.08. The molecule has 0 aliphatic carbocycles. The van der Waals surface area contributed by atoms with Crippen LogP contribution in [0.1, 0.15) is 11.1 Å². The maximum absolute atomic E-state index is 6.34. The summed E-state index contributed by atoms with van der Waals surface area (Å²) in [4.78, 5) is 4.09. The number of aromatic amines is 1. The molecule has 0 radical (unpaired) electrons. The Kier molecular flexibility index (Phi) is 4.34. The van der Waals surface area contributed by atoms with Crippen molar-refractivity contribution in [3.63, 3.8) is 0 Å². The van der Waals surface area contributed by atoms with Crippen molar-refractivity contribution in [3.8, 4) is 0 Å². The molecule has 4 aromatic rings. The van der Waals surface area contributed by atoms with E-state index < -0.39 is 0 Å². The van der Waals surface area contributed by atoms with Crippen molar-refractivity contribution in [1.82, 2.24) is 19.7 Å². The topological polar surface area (TPSA) is 58.5 Å². The van der Waals surface area contributed by atoms with E-state index >= 15 is 0 Å². The van der Waals surface area contributed by atoms with E-state index in [0.717, 1.165) is 11.1 Å². The van der Waals surface area contributed by atoms with Gasteiger partial charge in [-0.25, -0.2) is 10.1 Å². The molecule has 0 atom stereocenters. The average molecular weight is 372 g/mol. The van der Waals surface area contributed by atoms with E-state index in [1.165, 1.54) is 17.3 Å². The van der Waals surface area contributed by atoms with Gasteiger partial charge in [0.05, 0.1) is 0 Å². The molecule has 4 rings (SSSR count). The lowest BCUT2D eigenvalue weighted by atomic mass is 10.2. The number of benzene rings is 2. The number of fused-ring (bicyclic) bond motifs is 1. The van der Waals surface area contributed by atoms with Crippen molar-refractivity contribution in [3.05, 3.63) is 76.2 Å². The van der Waals surface area contributed by atoms with Gasteiger partial charge in [-0.15, -0.1) is 0 Å². The molecule has 0 unspecified atom stereocenters. The maximum Gasteiger partial charge on any atom is 0.218 e. The smallest absolute Gasteiger partial charge is 0.218 e. The normalized spacial score (nSPS) is 11.1. The Labute approximate surface area is 154 Å². The van der Waals surface area contributed by atoms with Crippen LogP contribution in [0, 0.1) is 0 Å². The Morgan fingerprint density at radius 1 is 1.08 bits per heavy atom. The molecule has 0 aliphatic rings. The van der Waals surface area contributed by atoms with Crippen molar-refractivity contribution in [1.29, 1.82) is 0 Å². The molecular weight excluding hydrogens is 357 g/mol. The van der Waals surface area contributed by atoms with Crippen molar-refractivity contribution in [2.75, 3.05) is 5.32 Å². The van der Waals surface area contributed by atoms with Crippen LogP contribution in [0.15, 0.2) is 55.0 Å². The molecule has 2 aromatic heterocycles. The van der Waals surface area contributed by atoms with E-state index in [2.05, 4.69) is 43.4 Å². The third kappa shape index (κ3) is 3.34. The van der Waals surface area contributed by atoms with Gasteiger partial charge in [-0.1, -0.05) is 47.5 Å². The fourth-order valence-electron chi connectivity index (χ4n) is 2.90. The number of hydrogen-bond acceptors (Lipinski definition) is 3. The average Bonchev–Trinajstić information content (AvgIpc) is 3.24. The van der Waals surface area contributed by atoms with Crippen LogP contribution in [-0.2, 0) is 13.1 Å². The molecule has 0 amide bonds. The number of hydrogen-bond donors (Lipinski definition) is 2. The first-order valence-electron chi connectivity index (χ1n) is 7.80. The van der Waals surface area contributed by atoms with Gasteiger partial charge in [0.25, 0.3) is 0 Å². The van der Waals surface area contributed by atoms with E-state index in [1.807, 2.05) is 24.3 Å². The van der Waals surface area contributed by atoms with Crippen LogP contribution in [0.25, 0.3) is 10.9 Å². The minimum Gasteiger partial charge on any atom is -0.350 e. The predicted octanol–water partition coefficient (Wildman–Crippen LogP) is 4.73. The zero-order valence-corrected chi connectivity index (χ0v) is 14.7. The fraction of sp³-hybridized carbons (Fsp3) is 0.111. The summed E-state index contributed by atoms with van der Waals surface area (Å²) in [6, 6.07) is 13.9. The highest BCUT2D eigenvalue weighted by atomic mass is 35.5. The van der Waals surface area contributed by atoms with Crippen LogP contribution in [0.4, 0.5) is 5.95 Å². The Balaban J connectivity index is 1.66. The second-order valence-corrected chi connectivity index (χ2v) is 6.57. The summed E-state index contributed by atoms with van der Waals surface area (Å²) in [5.41, 5.74) is 3.36. The van der Waals surface area contributed by atoms with Gasteiger partial charge in [0, 0.05) is 40.2 Å². The van der Waals surface area contributed by atoms with E-state index in [1.54, 1.807) is 6.07 Å². The molecule has 2 aromatic carbocycles. The molecule has 0 fully saturated rings. The first-order valence-corrected chi connectivity index (χ1v) is 8.56. The second-order valence-electron chi connectivity index (χ2n) is 5.72. The van der Waals surface area contributed by atoms with Gasteiger partial charge < -0.3 is 9.88 Å². The van der Waals surface area contributed by atoms with E-state index in [-0.39, 0.29) is 0 Å². The second kappa shape index (κ2) is 6.78. The number of anilines is 1. The minimum absolute atomic E-state index is 0.642. The standard InChI is InChI=1S/C18H15Cl2N5/c19-14-6-5-12(16(20)7-14)9-25-10-13(8-21-18-22-11-23-24-18)15-3-1-2-4-17(15)25/h1-7,10-11H,8-9H2,(H2,21,22,23,24). The van der Waals surface area contributed by atoms with Crippen LogP contribution in [0.2, 0.25) is 10.0 Å². The summed E-state index contributed by atoms with van der Waals surface area (Å²) in [5, 5.41) is 12.4.